The Bertz CT molecular complexity index is 480. The molecule has 62 valence electrons. The molecule has 12 heavy (non-hydrogen) atoms. The number of nitrogen functional groups attached to an aromatic ring is 1. The number of nitrogens with two attached hydrogens (primary N) is 1. The van der Waals surface area contributed by atoms with Crippen LogP contribution >= 0.6 is 0 Å². The van der Waals surface area contributed by atoms with E-state index in [0.717, 1.165) is 5.52 Å². The molecule has 0 saturated heterocycles. The zero-order chi connectivity index (χ0) is 8.72. The highest BCUT2D eigenvalue weighted by Crippen LogP contribution is 2.15. The van der Waals surface area contributed by atoms with E-state index >= 15 is 0 Å². The molecule has 1 heterocycles. The first kappa shape index (κ1) is 6.97. The lowest BCUT2D eigenvalue weighted by molar-refractivity contribution is 0.891. The van der Waals surface area contributed by atoms with Crippen molar-refractivity contribution in [1.82, 2.24) is 9.55 Å². The van der Waals surface area contributed by atoms with Gasteiger partial charge in [-0.1, -0.05) is 6.07 Å². The molecule has 1 aromatic carbocycles. The largest absolute Gasteiger partial charge is 0.397 e. The molecule has 0 saturated carbocycles. The second-order valence-corrected chi connectivity index (χ2v) is 2.73. The molecule has 0 unspecified atom stereocenters. The molecule has 0 aliphatic rings. The number of aryl methyl sites for hydroxylation is 1. The van der Waals surface area contributed by atoms with E-state index in [-0.39, 0.29) is 5.69 Å². The van der Waals surface area contributed by atoms with Crippen molar-refractivity contribution in [3.8, 4) is 0 Å². The number of hydrogen-bond donors (Lipinski definition) is 2. The third kappa shape index (κ3) is 0.747. The lowest BCUT2D eigenvalue weighted by atomic mass is 10.3. The maximum absolute atomic E-state index is 11.1. The molecule has 0 atom stereocenters. The Hall–Kier alpha value is -1.71. The number of nitrogens with zero attached hydrogens (tertiary/aromatic N) is 1. The van der Waals surface area contributed by atoms with Gasteiger partial charge in [-0.2, -0.15) is 0 Å². The molecule has 3 N–H and O–H groups in total. The zero-order valence-electron chi connectivity index (χ0n) is 6.66. The van der Waals surface area contributed by atoms with E-state index in [0.29, 0.717) is 11.2 Å². The van der Waals surface area contributed by atoms with Crippen molar-refractivity contribution in [1.29, 1.82) is 0 Å². The van der Waals surface area contributed by atoms with Crippen LogP contribution in [0.1, 0.15) is 0 Å². The summed E-state index contributed by atoms with van der Waals surface area (Å²) in [4.78, 5) is 13.8. The van der Waals surface area contributed by atoms with Gasteiger partial charge in [-0.15, -0.1) is 0 Å². The van der Waals surface area contributed by atoms with Gasteiger partial charge in [0.05, 0.1) is 16.7 Å². The van der Waals surface area contributed by atoms with E-state index in [2.05, 4.69) is 4.98 Å². The Balaban J connectivity index is 3.05. The zero-order valence-corrected chi connectivity index (χ0v) is 6.66. The molecule has 0 bridgehead atoms. The van der Waals surface area contributed by atoms with Crippen LogP contribution < -0.4 is 11.4 Å². The summed E-state index contributed by atoms with van der Waals surface area (Å²) in [6.07, 6.45) is 0. The Morgan fingerprint density at radius 3 is 2.92 bits per heavy atom. The SMILES string of the molecule is Cn1c(=O)[nH]c2c(N)cccc21. The van der Waals surface area contributed by atoms with Crippen LogP contribution in [0.5, 0.6) is 0 Å². The van der Waals surface area contributed by atoms with Crippen molar-refractivity contribution in [2.45, 2.75) is 0 Å². The highest BCUT2D eigenvalue weighted by molar-refractivity contribution is 5.86. The molecule has 0 amide bonds. The molecule has 1 aromatic heterocycles. The molecule has 0 aliphatic heterocycles. The van der Waals surface area contributed by atoms with Gasteiger partial charge < -0.3 is 10.7 Å². The minimum atomic E-state index is -0.136. The molecular weight excluding hydrogens is 154 g/mol. The van der Waals surface area contributed by atoms with Crippen molar-refractivity contribution < 1.29 is 0 Å². The minimum Gasteiger partial charge on any atom is -0.397 e. The highest BCUT2D eigenvalue weighted by atomic mass is 16.1. The number of benzene rings is 1. The average molecular weight is 163 g/mol. The summed E-state index contributed by atoms with van der Waals surface area (Å²) in [7, 11) is 1.71. The standard InChI is InChI=1S/C8H9N3O/c1-11-6-4-2-3-5(9)7(6)10-8(11)12/h2-4H,9H2,1H3,(H,10,12). The third-order valence-corrected chi connectivity index (χ3v) is 1.97. The van der Waals surface area contributed by atoms with Crippen LogP contribution in [0.3, 0.4) is 0 Å². The van der Waals surface area contributed by atoms with Crippen LogP contribution in [0.15, 0.2) is 23.0 Å². The molecule has 4 heteroatoms. The number of nitrogens with one attached hydrogen (secondary N) is 1. The predicted molar refractivity (Wildman–Crippen MR) is 48.0 cm³/mol. The van der Waals surface area contributed by atoms with E-state index in [1.165, 1.54) is 4.57 Å². The van der Waals surface area contributed by atoms with E-state index in [1.54, 1.807) is 13.1 Å². The van der Waals surface area contributed by atoms with Gasteiger partial charge in [-0.3, -0.25) is 4.57 Å². The summed E-state index contributed by atoms with van der Waals surface area (Å²) in [5, 5.41) is 0. The number of imidazole rings is 1. The van der Waals surface area contributed by atoms with Gasteiger partial charge >= 0.3 is 5.69 Å². The lowest BCUT2D eigenvalue weighted by Crippen LogP contribution is -2.11. The van der Waals surface area contributed by atoms with Gasteiger partial charge in [0, 0.05) is 7.05 Å². The van der Waals surface area contributed by atoms with Crippen LogP contribution in [-0.4, -0.2) is 9.55 Å². The van der Waals surface area contributed by atoms with Crippen molar-refractivity contribution >= 4 is 16.7 Å². The first-order valence-electron chi connectivity index (χ1n) is 3.63. The Morgan fingerprint density at radius 1 is 1.50 bits per heavy atom. The molecule has 4 nitrogen and oxygen atoms in total. The smallest absolute Gasteiger partial charge is 0.326 e. The van der Waals surface area contributed by atoms with Gasteiger partial charge in [0.25, 0.3) is 0 Å². The van der Waals surface area contributed by atoms with Crippen molar-refractivity contribution in [2.75, 3.05) is 5.73 Å². The maximum atomic E-state index is 11.1. The van der Waals surface area contributed by atoms with E-state index in [4.69, 9.17) is 5.73 Å². The molecular formula is C8H9N3O. The summed E-state index contributed by atoms with van der Waals surface area (Å²) in [6.45, 7) is 0. The van der Waals surface area contributed by atoms with Crippen LogP contribution in [-0.2, 0) is 7.05 Å². The second-order valence-electron chi connectivity index (χ2n) is 2.73. The van der Waals surface area contributed by atoms with E-state index in [1.807, 2.05) is 12.1 Å². The van der Waals surface area contributed by atoms with Crippen LogP contribution in [0.25, 0.3) is 11.0 Å². The quantitative estimate of drug-likeness (QED) is 0.554. The van der Waals surface area contributed by atoms with Crippen molar-refractivity contribution in [3.63, 3.8) is 0 Å². The van der Waals surface area contributed by atoms with E-state index in [9.17, 15) is 4.79 Å². The van der Waals surface area contributed by atoms with Gasteiger partial charge in [-0.05, 0) is 12.1 Å². The Kier molecular flexibility index (Phi) is 1.24. The first-order valence-corrected chi connectivity index (χ1v) is 3.63. The van der Waals surface area contributed by atoms with Gasteiger partial charge in [0.2, 0.25) is 0 Å². The molecule has 2 rings (SSSR count). The van der Waals surface area contributed by atoms with Gasteiger partial charge in [0.1, 0.15) is 0 Å². The predicted octanol–water partition coefficient (Wildman–Crippen LogP) is 0.449. The van der Waals surface area contributed by atoms with Gasteiger partial charge in [0.15, 0.2) is 0 Å². The topological polar surface area (TPSA) is 63.8 Å². The van der Waals surface area contributed by atoms with Crippen LogP contribution in [0.4, 0.5) is 5.69 Å². The number of H-pyrrole nitrogens is 1. The normalized spacial score (nSPS) is 10.8. The average Bonchev–Trinajstić information content (AvgIpc) is 2.32. The van der Waals surface area contributed by atoms with Gasteiger partial charge in [-0.25, -0.2) is 4.79 Å². The fourth-order valence-electron chi connectivity index (χ4n) is 1.27. The fraction of sp³-hybridized carbons (Fsp3) is 0.125. The molecule has 0 spiro atoms. The van der Waals surface area contributed by atoms with Crippen LogP contribution in [0, 0.1) is 0 Å². The Morgan fingerprint density at radius 2 is 2.25 bits per heavy atom. The number of para-hydroxylation sites is 1. The summed E-state index contributed by atoms with van der Waals surface area (Å²) in [6, 6.07) is 5.44. The Labute approximate surface area is 68.6 Å². The number of aromatic amines is 1. The molecule has 0 radical (unpaired) electrons. The summed E-state index contributed by atoms with van der Waals surface area (Å²) in [5.74, 6) is 0. The van der Waals surface area contributed by atoms with E-state index < -0.39 is 0 Å². The molecule has 2 aromatic rings. The first-order chi connectivity index (χ1) is 5.70. The number of fused-ring (bicyclic) bond motifs is 1. The monoisotopic (exact) mass is 163 g/mol. The fourth-order valence-corrected chi connectivity index (χ4v) is 1.27. The van der Waals surface area contributed by atoms with Crippen molar-refractivity contribution in [3.05, 3.63) is 28.7 Å². The summed E-state index contributed by atoms with van der Waals surface area (Å²) >= 11 is 0. The summed E-state index contributed by atoms with van der Waals surface area (Å²) in [5.41, 5.74) is 7.67. The second kappa shape index (κ2) is 2.14. The maximum Gasteiger partial charge on any atom is 0.326 e. The number of anilines is 1. The minimum absolute atomic E-state index is 0.136. The third-order valence-electron chi connectivity index (χ3n) is 1.97. The summed E-state index contributed by atoms with van der Waals surface area (Å²) < 4.78 is 1.53. The number of hydrogen-bond acceptors (Lipinski definition) is 2. The lowest BCUT2D eigenvalue weighted by Gasteiger charge is -1.94. The number of rotatable bonds is 0. The van der Waals surface area contributed by atoms with Crippen molar-refractivity contribution in [2.24, 2.45) is 7.05 Å². The molecule has 0 aliphatic carbocycles. The molecule has 0 fully saturated rings. The van der Waals surface area contributed by atoms with Crippen LogP contribution in [0.2, 0.25) is 0 Å². The number of aromatic nitrogens is 2. The highest BCUT2D eigenvalue weighted by Gasteiger charge is 2.03.